The lowest BCUT2D eigenvalue weighted by atomic mass is 9.95. The molecule has 1 aliphatic carbocycles. The first-order chi connectivity index (χ1) is 16.7. The number of pyridine rings is 1. The van der Waals surface area contributed by atoms with Crippen molar-refractivity contribution >= 4 is 27.4 Å². The van der Waals surface area contributed by atoms with Crippen LogP contribution in [-0.2, 0) is 19.6 Å². The number of piperazine rings is 1. The minimum Gasteiger partial charge on any atom is -0.396 e. The molecule has 0 unspecified atom stereocenters. The quantitative estimate of drug-likeness (QED) is 0.571. The summed E-state index contributed by atoms with van der Waals surface area (Å²) in [5.74, 6) is 1.25. The Morgan fingerprint density at radius 3 is 2.49 bits per heavy atom. The first-order valence-electron chi connectivity index (χ1n) is 12.0. The van der Waals surface area contributed by atoms with Crippen LogP contribution in [0.4, 0.5) is 11.5 Å². The van der Waals surface area contributed by atoms with Gasteiger partial charge in [-0.25, -0.2) is 18.1 Å². The third kappa shape index (κ3) is 5.14. The molecule has 2 aliphatic rings. The molecule has 35 heavy (non-hydrogen) atoms. The van der Waals surface area contributed by atoms with Gasteiger partial charge in [0, 0.05) is 44.3 Å². The van der Waals surface area contributed by atoms with Gasteiger partial charge in [-0.15, -0.1) is 0 Å². The van der Waals surface area contributed by atoms with E-state index in [1.54, 1.807) is 19.2 Å². The van der Waals surface area contributed by atoms with Gasteiger partial charge in [0.2, 0.25) is 15.9 Å². The third-order valence-corrected chi connectivity index (χ3v) is 8.39. The summed E-state index contributed by atoms with van der Waals surface area (Å²) in [5, 5.41) is 0. The van der Waals surface area contributed by atoms with E-state index in [-0.39, 0.29) is 16.8 Å². The van der Waals surface area contributed by atoms with Crippen molar-refractivity contribution in [2.24, 2.45) is 0 Å². The molecule has 1 amide bonds. The number of benzene rings is 1. The highest BCUT2D eigenvalue weighted by Gasteiger charge is 2.34. The van der Waals surface area contributed by atoms with Gasteiger partial charge >= 0.3 is 0 Å². The number of amides is 1. The average Bonchev–Trinajstić information content (AvgIpc) is 3.69. The number of nitrogen functional groups attached to an aromatic ring is 1. The van der Waals surface area contributed by atoms with Gasteiger partial charge in [-0.3, -0.25) is 4.79 Å². The number of anilines is 2. The van der Waals surface area contributed by atoms with Gasteiger partial charge in [-0.2, -0.15) is 0 Å². The summed E-state index contributed by atoms with van der Waals surface area (Å²) < 4.78 is 31.7. The Labute approximate surface area is 207 Å². The minimum absolute atomic E-state index is 0.0420. The molecule has 1 aromatic heterocycles. The maximum absolute atomic E-state index is 12.5. The number of carbonyl (C=O) groups is 1. The van der Waals surface area contributed by atoms with Crippen LogP contribution < -0.4 is 15.4 Å². The number of ether oxygens (including phenoxy) is 1. The van der Waals surface area contributed by atoms with Crippen LogP contribution in [0.2, 0.25) is 0 Å². The van der Waals surface area contributed by atoms with Crippen molar-refractivity contribution in [2.75, 3.05) is 51.0 Å². The summed E-state index contributed by atoms with van der Waals surface area (Å²) in [7, 11) is -0.501. The zero-order valence-corrected chi connectivity index (χ0v) is 21.7. The summed E-state index contributed by atoms with van der Waals surface area (Å²) in [6.07, 6.45) is 2.54. The van der Waals surface area contributed by atoms with E-state index < -0.39 is 10.0 Å². The Morgan fingerprint density at radius 1 is 1.23 bits per heavy atom. The summed E-state index contributed by atoms with van der Waals surface area (Å²) in [6, 6.07) is 6.92. The van der Waals surface area contributed by atoms with E-state index in [0.717, 1.165) is 41.0 Å². The smallest absolute Gasteiger partial charge is 0.240 e. The van der Waals surface area contributed by atoms with E-state index in [4.69, 9.17) is 15.5 Å². The highest BCUT2D eigenvalue weighted by molar-refractivity contribution is 7.89. The van der Waals surface area contributed by atoms with Crippen molar-refractivity contribution in [3.63, 3.8) is 0 Å². The van der Waals surface area contributed by atoms with Gasteiger partial charge in [0.1, 0.15) is 0 Å². The molecular formula is C25H35N5O4S. The highest BCUT2D eigenvalue weighted by Crippen LogP contribution is 2.47. The van der Waals surface area contributed by atoms with Crippen molar-refractivity contribution in [1.82, 2.24) is 14.6 Å². The second-order valence-corrected chi connectivity index (χ2v) is 11.3. The number of hydrogen-bond acceptors (Lipinski definition) is 7. The Morgan fingerprint density at radius 2 is 1.91 bits per heavy atom. The number of rotatable bonds is 8. The number of nitrogens with one attached hydrogen (secondary N) is 1. The number of nitrogens with two attached hydrogens (primary N) is 1. The third-order valence-electron chi connectivity index (χ3n) is 6.96. The van der Waals surface area contributed by atoms with Crippen molar-refractivity contribution in [1.29, 1.82) is 0 Å². The van der Waals surface area contributed by atoms with Crippen LogP contribution in [0.5, 0.6) is 0 Å². The molecule has 4 rings (SSSR count). The molecule has 1 saturated carbocycles. The normalized spacial score (nSPS) is 18.7. The van der Waals surface area contributed by atoms with Crippen molar-refractivity contribution < 1.29 is 17.9 Å². The first kappa shape index (κ1) is 25.4. The first-order valence-corrected chi connectivity index (χ1v) is 13.5. The number of carbonyl (C=O) groups excluding carboxylic acids is 1. The molecule has 9 nitrogen and oxygen atoms in total. The molecule has 10 heteroatoms. The topological polar surface area (TPSA) is 118 Å². The number of hydrogen-bond donors (Lipinski definition) is 2. The van der Waals surface area contributed by atoms with Crippen molar-refractivity contribution in [2.45, 2.75) is 50.0 Å². The second-order valence-electron chi connectivity index (χ2n) is 9.37. The molecule has 0 spiro atoms. The van der Waals surface area contributed by atoms with Gasteiger partial charge < -0.3 is 20.3 Å². The Bertz CT molecular complexity index is 1200. The van der Waals surface area contributed by atoms with Crippen LogP contribution in [0.25, 0.3) is 11.1 Å². The fourth-order valence-corrected chi connectivity index (χ4v) is 5.48. The van der Waals surface area contributed by atoms with E-state index in [1.165, 1.54) is 7.05 Å². The predicted molar refractivity (Wildman–Crippen MR) is 137 cm³/mol. The SMILES string of the molecule is CNS(=O)(=O)c1ccc(-c2c(C3CC3)nc(N3CCN(C(=O)CCOC)[C@H](C)C3)c(N)c2C)cc1. The molecule has 190 valence electrons. The maximum Gasteiger partial charge on any atom is 0.240 e. The number of methoxy groups -OCH3 is 1. The summed E-state index contributed by atoms with van der Waals surface area (Å²) >= 11 is 0. The lowest BCUT2D eigenvalue weighted by Gasteiger charge is -2.41. The Balaban J connectivity index is 1.64. The highest BCUT2D eigenvalue weighted by atomic mass is 32.2. The standard InChI is InChI=1S/C25H35N5O4S/c1-16-15-29(12-13-30(16)21(31)11-14-34-4)25-23(26)17(2)22(24(28-25)19-5-6-19)18-7-9-20(10-8-18)35(32,33)27-3/h7-10,16,19,27H,5-6,11-15,26H2,1-4H3/t16-/m1/s1. The Kier molecular flexibility index (Phi) is 7.35. The number of nitrogens with zero attached hydrogens (tertiary/aromatic N) is 3. The minimum atomic E-state index is -3.50. The largest absolute Gasteiger partial charge is 0.396 e. The van der Waals surface area contributed by atoms with Crippen molar-refractivity contribution in [3.05, 3.63) is 35.5 Å². The molecule has 0 bridgehead atoms. The molecule has 2 fully saturated rings. The molecule has 1 aromatic carbocycles. The fraction of sp³-hybridized carbons (Fsp3) is 0.520. The van der Waals surface area contributed by atoms with Gasteiger partial charge in [-0.1, -0.05) is 12.1 Å². The van der Waals surface area contributed by atoms with E-state index in [1.807, 2.05) is 24.0 Å². The van der Waals surface area contributed by atoms with Gasteiger partial charge in [0.25, 0.3) is 0 Å². The molecule has 1 aliphatic heterocycles. The lowest BCUT2D eigenvalue weighted by Crippen LogP contribution is -2.54. The van der Waals surface area contributed by atoms with Crippen LogP contribution >= 0.6 is 0 Å². The zero-order chi connectivity index (χ0) is 25.3. The van der Waals surface area contributed by atoms with Crippen molar-refractivity contribution in [3.8, 4) is 11.1 Å². The molecule has 0 radical (unpaired) electrons. The predicted octanol–water partition coefficient (Wildman–Crippen LogP) is 2.50. The number of sulfonamides is 1. The van der Waals surface area contributed by atoms with Gasteiger partial charge in [0.15, 0.2) is 5.82 Å². The van der Waals surface area contributed by atoms with Crippen LogP contribution in [0.1, 0.15) is 43.4 Å². The second kappa shape index (κ2) is 10.1. The van der Waals surface area contributed by atoms with E-state index in [0.29, 0.717) is 44.3 Å². The maximum atomic E-state index is 12.5. The summed E-state index contributed by atoms with van der Waals surface area (Å²) in [5.41, 5.74) is 11.2. The van der Waals surface area contributed by atoms with Crippen LogP contribution in [-0.4, -0.2) is 70.6 Å². The van der Waals surface area contributed by atoms with Crippen LogP contribution in [0, 0.1) is 6.92 Å². The van der Waals surface area contributed by atoms with Crippen LogP contribution in [0.15, 0.2) is 29.2 Å². The van der Waals surface area contributed by atoms with Crippen LogP contribution in [0.3, 0.4) is 0 Å². The molecule has 1 saturated heterocycles. The summed E-state index contributed by atoms with van der Waals surface area (Å²) in [4.78, 5) is 21.9. The summed E-state index contributed by atoms with van der Waals surface area (Å²) in [6.45, 7) is 6.43. The molecule has 2 aromatic rings. The van der Waals surface area contributed by atoms with E-state index in [2.05, 4.69) is 16.5 Å². The Hall–Kier alpha value is -2.69. The van der Waals surface area contributed by atoms with E-state index in [9.17, 15) is 13.2 Å². The zero-order valence-electron chi connectivity index (χ0n) is 20.9. The molecule has 2 heterocycles. The monoisotopic (exact) mass is 501 g/mol. The van der Waals surface area contributed by atoms with E-state index >= 15 is 0 Å². The molecule has 3 N–H and O–H groups in total. The average molecular weight is 502 g/mol. The fourth-order valence-electron chi connectivity index (χ4n) is 4.75. The number of aromatic nitrogens is 1. The van der Waals surface area contributed by atoms with Gasteiger partial charge in [-0.05, 0) is 57.0 Å². The molecule has 1 atom stereocenters. The lowest BCUT2D eigenvalue weighted by molar-refractivity contribution is -0.134. The van der Waals surface area contributed by atoms with Gasteiger partial charge in [0.05, 0.1) is 29.3 Å². The molecular weight excluding hydrogens is 466 g/mol.